The minimum Gasteiger partial charge on any atom is -0.378 e. The van der Waals surface area contributed by atoms with E-state index in [1.165, 1.54) is 0 Å². The van der Waals surface area contributed by atoms with Gasteiger partial charge in [-0.25, -0.2) is 4.79 Å². The first kappa shape index (κ1) is 19.9. The fourth-order valence-electron chi connectivity index (χ4n) is 4.69. The van der Waals surface area contributed by atoms with Crippen LogP contribution in [0.5, 0.6) is 0 Å². The maximum absolute atomic E-state index is 12.2. The van der Waals surface area contributed by atoms with Gasteiger partial charge in [0.25, 0.3) is 5.91 Å². The van der Waals surface area contributed by atoms with Crippen LogP contribution in [-0.2, 0) is 9.53 Å². The second kappa shape index (κ2) is 6.65. The van der Waals surface area contributed by atoms with Crippen molar-refractivity contribution in [2.45, 2.75) is 64.1 Å². The number of hydrogen-bond donors (Lipinski definition) is 3. The number of aliphatic imine (C=N–C) groups is 1. The van der Waals surface area contributed by atoms with E-state index in [9.17, 15) is 9.59 Å². The topological polar surface area (TPSA) is 95.1 Å². The predicted molar refractivity (Wildman–Crippen MR) is 103 cm³/mol. The maximum atomic E-state index is 12.2. The first-order valence-electron chi connectivity index (χ1n) is 9.74. The number of hydrogen-bond acceptors (Lipinski definition) is 4. The number of guanidine groups is 1. The van der Waals surface area contributed by atoms with Crippen LogP contribution in [0.15, 0.2) is 4.99 Å². The second-order valence-electron chi connectivity index (χ2n) is 8.98. The van der Waals surface area contributed by atoms with Crippen LogP contribution in [0.3, 0.4) is 0 Å². The average Bonchev–Trinajstić information content (AvgIpc) is 2.91. The van der Waals surface area contributed by atoms with E-state index in [4.69, 9.17) is 4.74 Å². The molecule has 1 aliphatic carbocycles. The third kappa shape index (κ3) is 3.07. The quantitative estimate of drug-likeness (QED) is 0.387. The molecule has 3 aliphatic rings. The normalized spacial score (nSPS) is 36.9. The van der Waals surface area contributed by atoms with Gasteiger partial charge in [0.15, 0.2) is 5.96 Å². The van der Waals surface area contributed by atoms with Gasteiger partial charge in [0.1, 0.15) is 5.54 Å². The third-order valence-corrected chi connectivity index (χ3v) is 7.48. The lowest BCUT2D eigenvalue weighted by molar-refractivity contribution is -0.177. The highest BCUT2D eigenvalue weighted by atomic mass is 16.5. The molecule has 0 radical (unpaired) electrons. The molecule has 27 heavy (non-hydrogen) atoms. The summed E-state index contributed by atoms with van der Waals surface area (Å²) in [6, 6.07) is -0.0906. The second-order valence-corrected chi connectivity index (χ2v) is 8.98. The zero-order chi connectivity index (χ0) is 20.0. The third-order valence-electron chi connectivity index (χ3n) is 7.48. The molecule has 0 aromatic heterocycles. The molecule has 0 aromatic rings. The SMILES string of the molecule is CN=C(NC1CC(C)(OC)C1(C)C)N1CCC(C2(C)NC(=O)NC2=O)CC1. The summed E-state index contributed by atoms with van der Waals surface area (Å²) in [5, 5.41) is 8.78. The van der Waals surface area contributed by atoms with Crippen molar-refractivity contribution in [3.63, 3.8) is 0 Å². The van der Waals surface area contributed by atoms with Crippen LogP contribution < -0.4 is 16.0 Å². The number of carbonyl (C=O) groups is 2. The van der Waals surface area contributed by atoms with E-state index in [1.807, 2.05) is 14.0 Å². The highest BCUT2D eigenvalue weighted by molar-refractivity contribution is 6.07. The molecule has 0 spiro atoms. The number of urea groups is 1. The number of ether oxygens (including phenoxy) is 1. The molecule has 0 aromatic carbocycles. The summed E-state index contributed by atoms with van der Waals surface area (Å²) in [6.07, 6.45) is 2.60. The molecule has 2 aliphatic heterocycles. The van der Waals surface area contributed by atoms with E-state index in [2.05, 4.69) is 46.6 Å². The summed E-state index contributed by atoms with van der Waals surface area (Å²) in [7, 11) is 3.58. The summed E-state index contributed by atoms with van der Waals surface area (Å²) in [5.74, 6) is 0.800. The van der Waals surface area contributed by atoms with Crippen LogP contribution in [0, 0.1) is 11.3 Å². The Morgan fingerprint density at radius 1 is 1.22 bits per heavy atom. The standard InChI is InChI=1S/C19H33N5O3/c1-17(2)13(11-18(17,3)27-6)21-15(20-5)24-9-7-12(8-10-24)19(4)14(25)22-16(26)23-19/h12-13H,7-11H2,1-6H3,(H,20,21)(H2,22,23,25,26). The predicted octanol–water partition coefficient (Wildman–Crippen LogP) is 1.08. The molecule has 0 bridgehead atoms. The van der Waals surface area contributed by atoms with Crippen LogP contribution in [0.4, 0.5) is 4.79 Å². The Morgan fingerprint density at radius 3 is 2.30 bits per heavy atom. The molecule has 3 unspecified atom stereocenters. The molecule has 3 fully saturated rings. The number of rotatable bonds is 3. The molecular weight excluding hydrogens is 346 g/mol. The van der Waals surface area contributed by atoms with Crippen molar-refractivity contribution in [1.82, 2.24) is 20.9 Å². The van der Waals surface area contributed by atoms with Gasteiger partial charge in [0, 0.05) is 38.7 Å². The van der Waals surface area contributed by atoms with Crippen molar-refractivity contribution in [1.29, 1.82) is 0 Å². The first-order valence-corrected chi connectivity index (χ1v) is 9.74. The van der Waals surface area contributed by atoms with Crippen LogP contribution in [-0.4, -0.2) is 67.2 Å². The van der Waals surface area contributed by atoms with E-state index in [0.29, 0.717) is 6.04 Å². The van der Waals surface area contributed by atoms with E-state index in [0.717, 1.165) is 38.3 Å². The van der Waals surface area contributed by atoms with Gasteiger partial charge in [0.2, 0.25) is 0 Å². The Bertz CT molecular complexity index is 656. The zero-order valence-corrected chi connectivity index (χ0v) is 17.3. The maximum Gasteiger partial charge on any atom is 0.322 e. The molecule has 8 heteroatoms. The minimum absolute atomic E-state index is 0.00963. The van der Waals surface area contributed by atoms with Crippen molar-refractivity contribution in [3.05, 3.63) is 0 Å². The van der Waals surface area contributed by atoms with Gasteiger partial charge >= 0.3 is 6.03 Å². The Morgan fingerprint density at radius 2 is 1.85 bits per heavy atom. The Kier molecular flexibility index (Phi) is 4.91. The van der Waals surface area contributed by atoms with E-state index < -0.39 is 11.6 Å². The van der Waals surface area contributed by atoms with Crippen molar-refractivity contribution in [3.8, 4) is 0 Å². The van der Waals surface area contributed by atoms with E-state index in [-0.39, 0.29) is 22.8 Å². The largest absolute Gasteiger partial charge is 0.378 e. The first-order chi connectivity index (χ1) is 12.6. The number of amides is 3. The summed E-state index contributed by atoms with van der Waals surface area (Å²) in [6.45, 7) is 10.0. The van der Waals surface area contributed by atoms with Gasteiger partial charge in [-0.15, -0.1) is 0 Å². The Balaban J connectivity index is 1.59. The van der Waals surface area contributed by atoms with Crippen LogP contribution in [0.25, 0.3) is 0 Å². The number of piperidine rings is 1. The monoisotopic (exact) mass is 379 g/mol. The number of nitrogens with zero attached hydrogens (tertiary/aromatic N) is 2. The fraction of sp³-hybridized carbons (Fsp3) is 0.842. The number of nitrogens with one attached hydrogen (secondary N) is 3. The van der Waals surface area contributed by atoms with Gasteiger partial charge in [0.05, 0.1) is 5.60 Å². The smallest absolute Gasteiger partial charge is 0.322 e. The molecule has 3 N–H and O–H groups in total. The summed E-state index contributed by atoms with van der Waals surface area (Å²) in [5.41, 5.74) is -0.925. The highest BCUT2D eigenvalue weighted by Gasteiger charge is 2.58. The zero-order valence-electron chi connectivity index (χ0n) is 17.3. The molecule has 1 saturated carbocycles. The molecule has 3 rings (SSSR count). The van der Waals surface area contributed by atoms with E-state index in [1.54, 1.807) is 7.11 Å². The van der Waals surface area contributed by atoms with Crippen molar-refractivity contribution in [2.75, 3.05) is 27.2 Å². The lowest BCUT2D eigenvalue weighted by Crippen LogP contribution is -2.70. The lowest BCUT2D eigenvalue weighted by Gasteiger charge is -2.59. The highest BCUT2D eigenvalue weighted by Crippen LogP contribution is 2.51. The minimum atomic E-state index is -0.809. The van der Waals surface area contributed by atoms with Crippen molar-refractivity contribution < 1.29 is 14.3 Å². The summed E-state index contributed by atoms with van der Waals surface area (Å²) < 4.78 is 5.71. The van der Waals surface area contributed by atoms with Crippen LogP contribution >= 0.6 is 0 Å². The molecule has 152 valence electrons. The molecule has 8 nitrogen and oxygen atoms in total. The molecule has 2 heterocycles. The molecule has 3 amide bonds. The Labute approximate surface area is 161 Å². The summed E-state index contributed by atoms with van der Waals surface area (Å²) >= 11 is 0. The fourth-order valence-corrected chi connectivity index (χ4v) is 4.69. The van der Waals surface area contributed by atoms with Crippen molar-refractivity contribution >= 4 is 17.9 Å². The van der Waals surface area contributed by atoms with Crippen LogP contribution in [0.1, 0.15) is 47.0 Å². The number of likely N-dealkylation sites (tertiary alicyclic amines) is 1. The van der Waals surface area contributed by atoms with Gasteiger partial charge in [-0.05, 0) is 39.0 Å². The van der Waals surface area contributed by atoms with Gasteiger partial charge in [-0.2, -0.15) is 0 Å². The average molecular weight is 380 g/mol. The molecule has 2 saturated heterocycles. The van der Waals surface area contributed by atoms with E-state index >= 15 is 0 Å². The number of methoxy groups -OCH3 is 1. The number of imide groups is 1. The van der Waals surface area contributed by atoms with Gasteiger partial charge in [-0.1, -0.05) is 13.8 Å². The summed E-state index contributed by atoms with van der Waals surface area (Å²) in [4.78, 5) is 30.4. The number of carbonyl (C=O) groups excluding carboxylic acids is 2. The van der Waals surface area contributed by atoms with Crippen molar-refractivity contribution in [2.24, 2.45) is 16.3 Å². The van der Waals surface area contributed by atoms with Gasteiger partial charge in [-0.3, -0.25) is 15.1 Å². The molecule has 3 atom stereocenters. The molecular formula is C19H33N5O3. The van der Waals surface area contributed by atoms with Crippen LogP contribution in [0.2, 0.25) is 0 Å². The Hall–Kier alpha value is -1.83. The van der Waals surface area contributed by atoms with Gasteiger partial charge < -0.3 is 20.3 Å². The lowest BCUT2D eigenvalue weighted by atomic mass is 9.56.